The lowest BCUT2D eigenvalue weighted by molar-refractivity contribution is 1.08. The molecule has 0 atom stereocenters. The van der Waals surface area contributed by atoms with E-state index in [0.717, 1.165) is 44.9 Å². The Balaban J connectivity index is 1.07. The second-order valence-electron chi connectivity index (χ2n) is 14.4. The van der Waals surface area contributed by atoms with Gasteiger partial charge in [0, 0.05) is 32.8 Å². The minimum atomic E-state index is 0.898. The van der Waals surface area contributed by atoms with Gasteiger partial charge in [-0.2, -0.15) is 0 Å². The Morgan fingerprint density at radius 3 is 1.36 bits per heavy atom. The molecule has 11 aromatic rings. The Hall–Kier alpha value is -7.49. The molecular weight excluding hydrogens is 679 g/mol. The van der Waals surface area contributed by atoms with E-state index in [9.17, 15) is 0 Å². The molecule has 0 bridgehead atoms. The van der Waals surface area contributed by atoms with Crippen molar-refractivity contribution >= 4 is 43.6 Å². The average Bonchev–Trinajstić information content (AvgIpc) is 3.79. The normalized spacial score (nSPS) is 11.6. The van der Waals surface area contributed by atoms with Crippen LogP contribution in [-0.4, -0.2) is 14.1 Å². The molecule has 0 spiro atoms. The molecule has 0 radical (unpaired) electrons. The SMILES string of the molecule is c1ccc(-c2cccc(-n3c4ccccc4c4cc(-c5ccc6c(c5)c5ccccc5n6-c5cc(-c6ccccc6)cc(-c6ccccc6)n5)ccc43)c2)cc1. The summed E-state index contributed by atoms with van der Waals surface area (Å²) in [5.74, 6) is 0.898. The first-order chi connectivity index (χ1) is 27.8. The lowest BCUT2D eigenvalue weighted by Crippen LogP contribution is -2.00. The highest BCUT2D eigenvalue weighted by atomic mass is 15.1. The fourth-order valence-electron chi connectivity index (χ4n) is 8.47. The molecule has 0 amide bonds. The first kappa shape index (κ1) is 32.0. The van der Waals surface area contributed by atoms with Gasteiger partial charge in [0.2, 0.25) is 0 Å². The highest BCUT2D eigenvalue weighted by Crippen LogP contribution is 2.39. The summed E-state index contributed by atoms with van der Waals surface area (Å²) in [4.78, 5) is 5.33. The van der Waals surface area contributed by atoms with E-state index in [1.807, 2.05) is 0 Å². The molecule has 0 aliphatic carbocycles. The fraction of sp³-hybridized carbons (Fsp3) is 0. The third-order valence-electron chi connectivity index (χ3n) is 11.1. The number of hydrogen-bond acceptors (Lipinski definition) is 1. The summed E-state index contributed by atoms with van der Waals surface area (Å²) in [6, 6.07) is 76.2. The van der Waals surface area contributed by atoms with Crippen molar-refractivity contribution in [3.8, 4) is 56.1 Å². The number of fused-ring (bicyclic) bond motifs is 6. The van der Waals surface area contributed by atoms with Crippen LogP contribution in [-0.2, 0) is 0 Å². The van der Waals surface area contributed by atoms with Gasteiger partial charge in [-0.3, -0.25) is 4.57 Å². The lowest BCUT2D eigenvalue weighted by atomic mass is 10.0. The van der Waals surface area contributed by atoms with E-state index in [4.69, 9.17) is 4.98 Å². The van der Waals surface area contributed by atoms with Gasteiger partial charge < -0.3 is 4.57 Å². The minimum absolute atomic E-state index is 0.898. The summed E-state index contributed by atoms with van der Waals surface area (Å²) in [5.41, 5.74) is 14.9. The van der Waals surface area contributed by atoms with Crippen LogP contribution < -0.4 is 0 Å². The van der Waals surface area contributed by atoms with E-state index in [-0.39, 0.29) is 0 Å². The highest BCUT2D eigenvalue weighted by molar-refractivity contribution is 6.12. The monoisotopic (exact) mass is 713 g/mol. The number of pyridine rings is 1. The maximum Gasteiger partial charge on any atom is 0.138 e. The van der Waals surface area contributed by atoms with Gasteiger partial charge in [0.05, 0.1) is 27.8 Å². The van der Waals surface area contributed by atoms with Gasteiger partial charge in [-0.1, -0.05) is 152 Å². The molecule has 56 heavy (non-hydrogen) atoms. The summed E-state index contributed by atoms with van der Waals surface area (Å²) >= 11 is 0. The van der Waals surface area contributed by atoms with Crippen molar-refractivity contribution in [1.29, 1.82) is 0 Å². The smallest absolute Gasteiger partial charge is 0.138 e. The Kier molecular flexibility index (Phi) is 7.49. The van der Waals surface area contributed by atoms with Crippen LogP contribution in [0.25, 0.3) is 99.8 Å². The van der Waals surface area contributed by atoms with E-state index in [1.165, 1.54) is 54.8 Å². The third kappa shape index (κ3) is 5.32. The molecule has 0 saturated carbocycles. The molecule has 0 unspecified atom stereocenters. The number of aromatic nitrogens is 3. The van der Waals surface area contributed by atoms with Gasteiger partial charge in [-0.25, -0.2) is 4.98 Å². The first-order valence-corrected chi connectivity index (χ1v) is 19.1. The van der Waals surface area contributed by atoms with Crippen LogP contribution in [0.2, 0.25) is 0 Å². The van der Waals surface area contributed by atoms with Crippen LogP contribution in [0.5, 0.6) is 0 Å². The molecule has 3 aromatic heterocycles. The largest absolute Gasteiger partial charge is 0.309 e. The zero-order valence-electron chi connectivity index (χ0n) is 30.5. The van der Waals surface area contributed by atoms with E-state index in [0.29, 0.717) is 0 Å². The van der Waals surface area contributed by atoms with Gasteiger partial charge in [-0.05, 0) is 94.0 Å². The van der Waals surface area contributed by atoms with Crippen LogP contribution >= 0.6 is 0 Å². The summed E-state index contributed by atoms with van der Waals surface area (Å²) in [6.07, 6.45) is 0. The molecule has 0 aliphatic rings. The second kappa shape index (κ2) is 13.1. The van der Waals surface area contributed by atoms with Crippen LogP contribution in [0.15, 0.2) is 212 Å². The van der Waals surface area contributed by atoms with Crippen molar-refractivity contribution < 1.29 is 0 Å². The number of benzene rings is 8. The van der Waals surface area contributed by atoms with Gasteiger partial charge >= 0.3 is 0 Å². The van der Waals surface area contributed by atoms with Crippen molar-refractivity contribution in [3.05, 3.63) is 212 Å². The van der Waals surface area contributed by atoms with Crippen LogP contribution in [0, 0.1) is 0 Å². The summed E-state index contributed by atoms with van der Waals surface area (Å²) in [7, 11) is 0. The molecule has 0 aliphatic heterocycles. The van der Waals surface area contributed by atoms with E-state index < -0.39 is 0 Å². The topological polar surface area (TPSA) is 22.8 Å². The van der Waals surface area contributed by atoms with Gasteiger partial charge in [0.25, 0.3) is 0 Å². The quantitative estimate of drug-likeness (QED) is 0.168. The zero-order valence-corrected chi connectivity index (χ0v) is 30.5. The molecule has 0 saturated heterocycles. The van der Waals surface area contributed by atoms with Crippen molar-refractivity contribution in [3.63, 3.8) is 0 Å². The maximum absolute atomic E-state index is 5.33. The Morgan fingerprint density at radius 2 is 0.732 bits per heavy atom. The van der Waals surface area contributed by atoms with Gasteiger partial charge in [0.1, 0.15) is 5.82 Å². The Morgan fingerprint density at radius 1 is 0.268 bits per heavy atom. The third-order valence-corrected chi connectivity index (χ3v) is 11.1. The van der Waals surface area contributed by atoms with Crippen LogP contribution in [0.3, 0.4) is 0 Å². The zero-order chi connectivity index (χ0) is 37.0. The second-order valence-corrected chi connectivity index (χ2v) is 14.4. The molecular formula is C53H35N3. The Labute approximate surface area is 325 Å². The fourth-order valence-corrected chi connectivity index (χ4v) is 8.47. The van der Waals surface area contributed by atoms with Gasteiger partial charge in [-0.15, -0.1) is 0 Å². The summed E-state index contributed by atoms with van der Waals surface area (Å²) in [5, 5.41) is 4.88. The predicted octanol–water partition coefficient (Wildman–Crippen LogP) is 13.9. The molecule has 8 aromatic carbocycles. The molecule has 262 valence electrons. The standard InChI is InChI=1S/C53H35N3/c1-4-15-36(16-5-1)39-21-14-22-43(31-39)55-49-25-12-10-23-44(49)46-32-40(27-29-51(46)55)41-28-30-52-47(33-41)45-24-11-13-26-50(45)56(52)53-35-42(37-17-6-2-7-18-37)34-48(54-53)38-19-8-3-9-20-38/h1-35H. The van der Waals surface area contributed by atoms with E-state index in [1.54, 1.807) is 0 Å². The van der Waals surface area contributed by atoms with Crippen molar-refractivity contribution in [2.24, 2.45) is 0 Å². The van der Waals surface area contributed by atoms with Crippen molar-refractivity contribution in [2.45, 2.75) is 0 Å². The molecule has 0 fully saturated rings. The van der Waals surface area contributed by atoms with E-state index >= 15 is 0 Å². The Bertz CT molecular complexity index is 3170. The average molecular weight is 714 g/mol. The number of nitrogens with zero attached hydrogens (tertiary/aromatic N) is 3. The summed E-state index contributed by atoms with van der Waals surface area (Å²) < 4.78 is 4.73. The number of para-hydroxylation sites is 2. The van der Waals surface area contributed by atoms with E-state index in [2.05, 4.69) is 221 Å². The molecule has 3 heteroatoms. The minimum Gasteiger partial charge on any atom is -0.309 e. The number of hydrogen-bond donors (Lipinski definition) is 0. The van der Waals surface area contributed by atoms with Gasteiger partial charge in [0.15, 0.2) is 0 Å². The molecule has 11 rings (SSSR count). The highest BCUT2D eigenvalue weighted by Gasteiger charge is 2.18. The van der Waals surface area contributed by atoms with Crippen LogP contribution in [0.1, 0.15) is 0 Å². The predicted molar refractivity (Wildman–Crippen MR) is 235 cm³/mol. The molecule has 3 heterocycles. The first-order valence-electron chi connectivity index (χ1n) is 19.1. The molecule has 3 nitrogen and oxygen atoms in total. The van der Waals surface area contributed by atoms with Crippen LogP contribution in [0.4, 0.5) is 0 Å². The lowest BCUT2D eigenvalue weighted by Gasteiger charge is -2.13. The van der Waals surface area contributed by atoms with Crippen molar-refractivity contribution in [2.75, 3.05) is 0 Å². The number of rotatable bonds is 6. The van der Waals surface area contributed by atoms with Crippen molar-refractivity contribution in [1.82, 2.24) is 14.1 Å². The molecule has 0 N–H and O–H groups in total. The maximum atomic E-state index is 5.33. The summed E-state index contributed by atoms with van der Waals surface area (Å²) in [6.45, 7) is 0.